The molecule has 2 nitrogen and oxygen atoms in total. The minimum absolute atomic E-state index is 0.0768. The van der Waals surface area contributed by atoms with Crippen LogP contribution in [0.15, 0.2) is 18.2 Å². The van der Waals surface area contributed by atoms with Crippen molar-refractivity contribution in [1.82, 2.24) is 5.32 Å². The number of nitrogens with one attached hydrogen (secondary N) is 1. The average Bonchev–Trinajstić information content (AvgIpc) is 2.25. The first-order chi connectivity index (χ1) is 8.40. The van der Waals surface area contributed by atoms with Gasteiger partial charge in [0, 0.05) is 10.1 Å². The molecule has 1 amide bonds. The fraction of sp³-hybridized carbons (Fsp3) is 0.462. The molecule has 1 N–H and O–H groups in total. The number of benzene rings is 1. The van der Waals surface area contributed by atoms with Gasteiger partial charge in [-0.05, 0) is 53.1 Å². The molecule has 1 aromatic carbocycles. The third-order valence-corrected chi connectivity index (χ3v) is 3.61. The standard InChI is InChI=1S/C13H16ClFINO/c1-8(2)5-9(14)7-17-13(18)11-4-3-10(15)6-12(11)16/h3-4,6,8-9H,5,7H2,1-2H3,(H,17,18). The molecule has 18 heavy (non-hydrogen) atoms. The molecule has 1 unspecified atom stereocenters. The second kappa shape index (κ2) is 7.28. The van der Waals surface area contributed by atoms with Crippen LogP contribution in [-0.4, -0.2) is 17.8 Å². The van der Waals surface area contributed by atoms with E-state index in [1.165, 1.54) is 18.2 Å². The Kier molecular flexibility index (Phi) is 6.35. The van der Waals surface area contributed by atoms with Gasteiger partial charge >= 0.3 is 0 Å². The Hall–Kier alpha value is -0.360. The molecule has 1 aromatic rings. The van der Waals surface area contributed by atoms with Gasteiger partial charge in [-0.1, -0.05) is 13.8 Å². The van der Waals surface area contributed by atoms with Gasteiger partial charge in [-0.15, -0.1) is 11.6 Å². The van der Waals surface area contributed by atoms with Crippen molar-refractivity contribution in [2.75, 3.05) is 6.54 Å². The van der Waals surface area contributed by atoms with Crippen molar-refractivity contribution >= 4 is 40.1 Å². The van der Waals surface area contributed by atoms with Crippen molar-refractivity contribution in [1.29, 1.82) is 0 Å². The lowest BCUT2D eigenvalue weighted by molar-refractivity contribution is 0.0952. The average molecular weight is 384 g/mol. The van der Waals surface area contributed by atoms with Crippen molar-refractivity contribution in [2.24, 2.45) is 5.92 Å². The summed E-state index contributed by atoms with van der Waals surface area (Å²) in [5, 5.41) is 2.69. The first kappa shape index (κ1) is 15.7. The Bertz CT molecular complexity index is 425. The molecule has 0 saturated heterocycles. The zero-order valence-electron chi connectivity index (χ0n) is 10.3. The van der Waals surface area contributed by atoms with Crippen LogP contribution >= 0.6 is 34.2 Å². The lowest BCUT2D eigenvalue weighted by Crippen LogP contribution is -2.30. The third-order valence-electron chi connectivity index (χ3n) is 2.39. The summed E-state index contributed by atoms with van der Waals surface area (Å²) >= 11 is 8.04. The van der Waals surface area contributed by atoms with E-state index in [1.807, 2.05) is 22.6 Å². The van der Waals surface area contributed by atoms with Crippen LogP contribution in [0.5, 0.6) is 0 Å². The maximum atomic E-state index is 12.9. The van der Waals surface area contributed by atoms with Crippen LogP contribution in [0.4, 0.5) is 4.39 Å². The Morgan fingerprint density at radius 3 is 2.72 bits per heavy atom. The number of carbonyl (C=O) groups excluding carboxylic acids is 1. The summed E-state index contributed by atoms with van der Waals surface area (Å²) in [5.41, 5.74) is 0.477. The van der Waals surface area contributed by atoms with Crippen molar-refractivity contribution in [2.45, 2.75) is 25.6 Å². The third kappa shape index (κ3) is 5.10. The summed E-state index contributed by atoms with van der Waals surface area (Å²) < 4.78 is 13.5. The van der Waals surface area contributed by atoms with Crippen LogP contribution in [0.3, 0.4) is 0 Å². The molecule has 0 aliphatic heterocycles. The van der Waals surface area contributed by atoms with E-state index in [0.717, 1.165) is 6.42 Å². The monoisotopic (exact) mass is 383 g/mol. The van der Waals surface area contributed by atoms with E-state index < -0.39 is 0 Å². The normalized spacial score (nSPS) is 12.6. The first-order valence-corrected chi connectivity index (χ1v) is 7.29. The van der Waals surface area contributed by atoms with Gasteiger partial charge in [0.2, 0.25) is 0 Å². The molecule has 1 atom stereocenters. The molecule has 0 aliphatic rings. The highest BCUT2D eigenvalue weighted by molar-refractivity contribution is 14.1. The number of hydrogen-bond donors (Lipinski definition) is 1. The van der Waals surface area contributed by atoms with E-state index >= 15 is 0 Å². The largest absolute Gasteiger partial charge is 0.351 e. The zero-order valence-corrected chi connectivity index (χ0v) is 13.3. The van der Waals surface area contributed by atoms with Gasteiger partial charge in [0.15, 0.2) is 0 Å². The highest BCUT2D eigenvalue weighted by Gasteiger charge is 2.13. The van der Waals surface area contributed by atoms with Crippen molar-refractivity contribution < 1.29 is 9.18 Å². The lowest BCUT2D eigenvalue weighted by Gasteiger charge is -2.13. The van der Waals surface area contributed by atoms with Crippen molar-refractivity contribution in [3.8, 4) is 0 Å². The van der Waals surface area contributed by atoms with E-state index in [2.05, 4.69) is 19.2 Å². The fourth-order valence-corrected chi connectivity index (χ4v) is 2.72. The number of hydrogen-bond acceptors (Lipinski definition) is 1. The molecular formula is C13H16ClFINO. The number of halogens is 3. The molecule has 0 heterocycles. The van der Waals surface area contributed by atoms with E-state index in [4.69, 9.17) is 11.6 Å². The molecule has 0 radical (unpaired) electrons. The minimum atomic E-state index is -0.342. The Morgan fingerprint density at radius 2 is 2.17 bits per heavy atom. The number of alkyl halides is 1. The first-order valence-electron chi connectivity index (χ1n) is 5.77. The SMILES string of the molecule is CC(C)CC(Cl)CNC(=O)c1ccc(F)cc1I. The van der Waals surface area contributed by atoms with Crippen LogP contribution in [-0.2, 0) is 0 Å². The van der Waals surface area contributed by atoms with E-state index in [1.54, 1.807) is 0 Å². The van der Waals surface area contributed by atoms with Gasteiger partial charge in [-0.3, -0.25) is 4.79 Å². The zero-order chi connectivity index (χ0) is 13.7. The van der Waals surface area contributed by atoms with Gasteiger partial charge in [-0.25, -0.2) is 4.39 Å². The Morgan fingerprint density at radius 1 is 1.50 bits per heavy atom. The highest BCUT2D eigenvalue weighted by atomic mass is 127. The van der Waals surface area contributed by atoms with Crippen LogP contribution < -0.4 is 5.32 Å². The Balaban J connectivity index is 2.55. The van der Waals surface area contributed by atoms with Gasteiger partial charge in [-0.2, -0.15) is 0 Å². The minimum Gasteiger partial charge on any atom is -0.351 e. The van der Waals surface area contributed by atoms with E-state index in [9.17, 15) is 9.18 Å². The topological polar surface area (TPSA) is 29.1 Å². The van der Waals surface area contributed by atoms with Crippen molar-refractivity contribution in [3.05, 3.63) is 33.1 Å². The summed E-state index contributed by atoms with van der Waals surface area (Å²) in [6, 6.07) is 4.10. The molecule has 5 heteroatoms. The summed E-state index contributed by atoms with van der Waals surface area (Å²) in [4.78, 5) is 11.9. The number of amides is 1. The second-order valence-electron chi connectivity index (χ2n) is 4.56. The maximum absolute atomic E-state index is 12.9. The molecule has 0 aliphatic carbocycles. The number of rotatable bonds is 5. The predicted octanol–water partition coefficient (Wildman–Crippen LogP) is 3.81. The summed E-state index contributed by atoms with van der Waals surface area (Å²) in [7, 11) is 0. The summed E-state index contributed by atoms with van der Waals surface area (Å²) in [6.07, 6.45) is 0.850. The van der Waals surface area contributed by atoms with Gasteiger partial charge < -0.3 is 5.32 Å². The molecule has 0 fully saturated rings. The fourth-order valence-electron chi connectivity index (χ4n) is 1.57. The molecular weight excluding hydrogens is 368 g/mol. The number of carbonyl (C=O) groups is 1. The molecule has 0 saturated carbocycles. The van der Waals surface area contributed by atoms with Crippen LogP contribution in [0.1, 0.15) is 30.6 Å². The summed E-state index contributed by atoms with van der Waals surface area (Å²) in [5.74, 6) is -0.0601. The lowest BCUT2D eigenvalue weighted by atomic mass is 10.1. The van der Waals surface area contributed by atoms with Gasteiger partial charge in [0.25, 0.3) is 5.91 Å². The quantitative estimate of drug-likeness (QED) is 0.608. The van der Waals surface area contributed by atoms with Crippen LogP contribution in [0.2, 0.25) is 0 Å². The van der Waals surface area contributed by atoms with Crippen LogP contribution in [0.25, 0.3) is 0 Å². The second-order valence-corrected chi connectivity index (χ2v) is 6.34. The Labute approximate surface area is 125 Å². The highest BCUT2D eigenvalue weighted by Crippen LogP contribution is 2.14. The molecule has 1 rings (SSSR count). The van der Waals surface area contributed by atoms with Gasteiger partial charge in [0.1, 0.15) is 5.82 Å². The van der Waals surface area contributed by atoms with Crippen LogP contribution in [0, 0.1) is 15.3 Å². The van der Waals surface area contributed by atoms with E-state index in [0.29, 0.717) is 21.6 Å². The maximum Gasteiger partial charge on any atom is 0.252 e. The molecule has 100 valence electrons. The summed E-state index contributed by atoms with van der Waals surface area (Å²) in [6.45, 7) is 4.59. The van der Waals surface area contributed by atoms with E-state index in [-0.39, 0.29) is 17.1 Å². The molecule has 0 spiro atoms. The predicted molar refractivity (Wildman–Crippen MR) is 80.5 cm³/mol. The van der Waals surface area contributed by atoms with Crippen molar-refractivity contribution in [3.63, 3.8) is 0 Å². The van der Waals surface area contributed by atoms with Gasteiger partial charge in [0.05, 0.1) is 10.9 Å². The molecule has 0 bridgehead atoms. The smallest absolute Gasteiger partial charge is 0.252 e. The molecule has 0 aromatic heterocycles.